The highest BCUT2D eigenvalue weighted by Gasteiger charge is 2.10. The van der Waals surface area contributed by atoms with Crippen molar-refractivity contribution in [3.05, 3.63) is 34.0 Å². The molecule has 1 aromatic heterocycles. The second-order valence-corrected chi connectivity index (χ2v) is 3.86. The summed E-state index contributed by atoms with van der Waals surface area (Å²) in [6, 6.07) is 3.85. The van der Waals surface area contributed by atoms with Crippen LogP contribution >= 0.6 is 11.6 Å². The molecular weight excluding hydrogens is 198 g/mol. The van der Waals surface area contributed by atoms with Gasteiger partial charge in [0.25, 0.3) is 0 Å². The predicted octanol–water partition coefficient (Wildman–Crippen LogP) is 3.25. The Morgan fingerprint density at radius 3 is 2.71 bits per heavy atom. The Hall–Kier alpha value is -1.28. The lowest BCUT2D eigenvalue weighted by Crippen LogP contribution is -1.80. The van der Waals surface area contributed by atoms with Crippen molar-refractivity contribution in [2.24, 2.45) is 0 Å². The van der Waals surface area contributed by atoms with E-state index >= 15 is 0 Å². The van der Waals surface area contributed by atoms with Crippen molar-refractivity contribution >= 4 is 28.8 Å². The Morgan fingerprint density at radius 1 is 1.36 bits per heavy atom. The molecule has 0 saturated heterocycles. The third kappa shape index (κ3) is 1.23. The minimum absolute atomic E-state index is 0.663. The first-order chi connectivity index (χ1) is 6.63. The predicted molar refractivity (Wildman–Crippen MR) is 58.2 cm³/mol. The van der Waals surface area contributed by atoms with Crippen LogP contribution in [0, 0.1) is 13.8 Å². The SMILES string of the molecule is Cc1cc(Cl)c2[nH]c(C)c(C=O)c2c1. The van der Waals surface area contributed by atoms with Crippen LogP contribution in [0.4, 0.5) is 0 Å². The van der Waals surface area contributed by atoms with E-state index in [0.29, 0.717) is 10.6 Å². The second-order valence-electron chi connectivity index (χ2n) is 3.45. The number of aldehydes is 1. The summed E-state index contributed by atoms with van der Waals surface area (Å²) in [5, 5.41) is 1.57. The number of halogens is 1. The topological polar surface area (TPSA) is 32.9 Å². The van der Waals surface area contributed by atoms with Crippen LogP contribution in [0.2, 0.25) is 5.02 Å². The van der Waals surface area contributed by atoms with Gasteiger partial charge in [-0.05, 0) is 31.5 Å². The van der Waals surface area contributed by atoms with Gasteiger partial charge in [0.2, 0.25) is 0 Å². The third-order valence-electron chi connectivity index (χ3n) is 2.36. The lowest BCUT2D eigenvalue weighted by atomic mass is 10.1. The monoisotopic (exact) mass is 207 g/mol. The number of aryl methyl sites for hydroxylation is 2. The lowest BCUT2D eigenvalue weighted by molar-refractivity contribution is 0.112. The highest BCUT2D eigenvalue weighted by atomic mass is 35.5. The van der Waals surface area contributed by atoms with Gasteiger partial charge in [0.05, 0.1) is 10.5 Å². The van der Waals surface area contributed by atoms with Gasteiger partial charge < -0.3 is 4.98 Å². The van der Waals surface area contributed by atoms with Crippen LogP contribution in [0.5, 0.6) is 0 Å². The molecule has 0 amide bonds. The van der Waals surface area contributed by atoms with Crippen molar-refractivity contribution in [3.63, 3.8) is 0 Å². The number of aromatic amines is 1. The van der Waals surface area contributed by atoms with Gasteiger partial charge in [0.1, 0.15) is 0 Å². The molecule has 0 atom stereocenters. The number of nitrogens with one attached hydrogen (secondary N) is 1. The van der Waals surface area contributed by atoms with Crippen molar-refractivity contribution in [3.8, 4) is 0 Å². The first kappa shape index (κ1) is 9.28. The van der Waals surface area contributed by atoms with Crippen LogP contribution in [-0.2, 0) is 0 Å². The van der Waals surface area contributed by atoms with Crippen molar-refractivity contribution in [1.82, 2.24) is 4.98 Å². The lowest BCUT2D eigenvalue weighted by Gasteiger charge is -1.97. The van der Waals surface area contributed by atoms with E-state index in [4.69, 9.17) is 11.6 Å². The van der Waals surface area contributed by atoms with Gasteiger partial charge >= 0.3 is 0 Å². The number of rotatable bonds is 1. The van der Waals surface area contributed by atoms with E-state index in [9.17, 15) is 4.79 Å². The zero-order chi connectivity index (χ0) is 10.3. The Kier molecular flexibility index (Phi) is 2.08. The molecule has 2 aromatic rings. The molecule has 1 N–H and O–H groups in total. The van der Waals surface area contributed by atoms with E-state index < -0.39 is 0 Å². The summed E-state index contributed by atoms with van der Waals surface area (Å²) in [6.45, 7) is 3.83. The van der Waals surface area contributed by atoms with Crippen LogP contribution in [0.15, 0.2) is 12.1 Å². The van der Waals surface area contributed by atoms with E-state index in [-0.39, 0.29) is 0 Å². The molecule has 0 aliphatic heterocycles. The van der Waals surface area contributed by atoms with Crippen LogP contribution < -0.4 is 0 Å². The van der Waals surface area contributed by atoms with Crippen molar-refractivity contribution in [2.75, 3.05) is 0 Å². The van der Waals surface area contributed by atoms with Gasteiger partial charge in [-0.15, -0.1) is 0 Å². The van der Waals surface area contributed by atoms with E-state index in [1.807, 2.05) is 26.0 Å². The first-order valence-corrected chi connectivity index (χ1v) is 4.75. The second kappa shape index (κ2) is 3.14. The molecule has 1 aromatic carbocycles. The van der Waals surface area contributed by atoms with E-state index in [1.54, 1.807) is 0 Å². The first-order valence-electron chi connectivity index (χ1n) is 4.37. The average molecular weight is 208 g/mol. The zero-order valence-electron chi connectivity index (χ0n) is 8.02. The zero-order valence-corrected chi connectivity index (χ0v) is 8.77. The molecule has 3 heteroatoms. The molecule has 0 spiro atoms. The van der Waals surface area contributed by atoms with Crippen LogP contribution in [-0.4, -0.2) is 11.3 Å². The maximum Gasteiger partial charge on any atom is 0.152 e. The van der Waals surface area contributed by atoms with Crippen LogP contribution in [0.1, 0.15) is 21.6 Å². The van der Waals surface area contributed by atoms with Gasteiger partial charge in [0, 0.05) is 16.6 Å². The number of carbonyl (C=O) groups excluding carboxylic acids is 1. The van der Waals surface area contributed by atoms with Crippen molar-refractivity contribution < 1.29 is 4.79 Å². The molecule has 0 bridgehead atoms. The minimum Gasteiger partial charge on any atom is -0.357 e. The number of hydrogen-bond donors (Lipinski definition) is 1. The van der Waals surface area contributed by atoms with Gasteiger partial charge in [-0.3, -0.25) is 4.79 Å². The fourth-order valence-corrected chi connectivity index (χ4v) is 2.01. The standard InChI is InChI=1S/C11H10ClNO/c1-6-3-8-9(5-14)7(2)13-11(8)10(12)4-6/h3-5,13H,1-2H3. The average Bonchev–Trinajstić information content (AvgIpc) is 2.41. The Labute approximate surface area is 86.9 Å². The van der Waals surface area contributed by atoms with E-state index in [1.165, 1.54) is 0 Å². The molecular formula is C11H10ClNO. The minimum atomic E-state index is 0.663. The van der Waals surface area contributed by atoms with Crippen molar-refractivity contribution in [1.29, 1.82) is 0 Å². The number of aromatic nitrogens is 1. The molecule has 0 radical (unpaired) electrons. The van der Waals surface area contributed by atoms with Crippen LogP contribution in [0.3, 0.4) is 0 Å². The maximum absolute atomic E-state index is 10.9. The van der Waals surface area contributed by atoms with E-state index in [2.05, 4.69) is 4.98 Å². The van der Waals surface area contributed by atoms with Crippen LogP contribution in [0.25, 0.3) is 10.9 Å². The van der Waals surface area contributed by atoms with Gasteiger partial charge in [-0.2, -0.15) is 0 Å². The smallest absolute Gasteiger partial charge is 0.152 e. The molecule has 14 heavy (non-hydrogen) atoms. The molecule has 0 aliphatic carbocycles. The maximum atomic E-state index is 10.9. The summed E-state index contributed by atoms with van der Waals surface area (Å²) in [5.41, 5.74) is 3.47. The summed E-state index contributed by atoms with van der Waals surface area (Å²) < 4.78 is 0. The number of hydrogen-bond acceptors (Lipinski definition) is 1. The molecule has 0 aliphatic rings. The van der Waals surface area contributed by atoms with Gasteiger partial charge in [0.15, 0.2) is 6.29 Å². The summed E-state index contributed by atoms with van der Waals surface area (Å²) in [4.78, 5) is 14.0. The molecule has 2 nitrogen and oxygen atoms in total. The molecule has 0 saturated carbocycles. The number of carbonyl (C=O) groups is 1. The van der Waals surface area contributed by atoms with Gasteiger partial charge in [-0.25, -0.2) is 0 Å². The highest BCUT2D eigenvalue weighted by molar-refractivity contribution is 6.35. The van der Waals surface area contributed by atoms with Crippen molar-refractivity contribution in [2.45, 2.75) is 13.8 Å². The fraction of sp³-hybridized carbons (Fsp3) is 0.182. The summed E-state index contributed by atoms with van der Waals surface area (Å²) >= 11 is 6.06. The Bertz CT molecular complexity index is 513. The molecule has 1 heterocycles. The van der Waals surface area contributed by atoms with E-state index in [0.717, 1.165) is 28.4 Å². The summed E-state index contributed by atoms with van der Waals surface area (Å²) in [7, 11) is 0. The highest BCUT2D eigenvalue weighted by Crippen LogP contribution is 2.28. The molecule has 72 valence electrons. The number of benzene rings is 1. The summed E-state index contributed by atoms with van der Waals surface area (Å²) in [6.07, 6.45) is 0.865. The Balaban J connectivity index is 2.94. The quantitative estimate of drug-likeness (QED) is 0.716. The largest absolute Gasteiger partial charge is 0.357 e. The fourth-order valence-electron chi connectivity index (χ4n) is 1.69. The number of fused-ring (bicyclic) bond motifs is 1. The molecule has 0 fully saturated rings. The molecule has 2 rings (SSSR count). The Morgan fingerprint density at radius 2 is 2.07 bits per heavy atom. The molecule has 0 unspecified atom stereocenters. The number of H-pyrrole nitrogens is 1. The third-order valence-corrected chi connectivity index (χ3v) is 2.66. The normalized spacial score (nSPS) is 10.8. The summed E-state index contributed by atoms with van der Waals surface area (Å²) in [5.74, 6) is 0. The van der Waals surface area contributed by atoms with Gasteiger partial charge in [-0.1, -0.05) is 11.6 Å².